The lowest BCUT2D eigenvalue weighted by molar-refractivity contribution is -0.137. The molecule has 3 rings (SSSR count). The summed E-state index contributed by atoms with van der Waals surface area (Å²) < 4.78 is 54.6. The number of methoxy groups -OCH3 is 1. The fraction of sp³-hybridized carbons (Fsp3) is 0.417. The van der Waals surface area contributed by atoms with Crippen LogP contribution in [0.1, 0.15) is 32.8 Å². The smallest absolute Gasteiger partial charge is 0.416 e. The van der Waals surface area contributed by atoms with Crippen molar-refractivity contribution in [3.05, 3.63) is 48.0 Å². The molecule has 1 aliphatic heterocycles. The average Bonchev–Trinajstić information content (AvgIpc) is 3.23. The highest BCUT2D eigenvalue weighted by Gasteiger charge is 2.34. The second kappa shape index (κ2) is 9.82. The van der Waals surface area contributed by atoms with E-state index in [4.69, 9.17) is 14.2 Å². The van der Waals surface area contributed by atoms with Crippen molar-refractivity contribution in [2.75, 3.05) is 25.5 Å². The molecule has 1 heterocycles. The summed E-state index contributed by atoms with van der Waals surface area (Å²) in [5.41, 5.74) is -1.06. The van der Waals surface area contributed by atoms with E-state index in [1.807, 2.05) is 0 Å². The Morgan fingerprint density at radius 2 is 1.68 bits per heavy atom. The van der Waals surface area contributed by atoms with E-state index in [9.17, 15) is 22.8 Å². The third-order valence-electron chi connectivity index (χ3n) is 5.06. The van der Waals surface area contributed by atoms with Gasteiger partial charge in [-0.05, 0) is 63.6 Å². The van der Waals surface area contributed by atoms with Crippen LogP contribution in [-0.4, -0.2) is 42.7 Å². The van der Waals surface area contributed by atoms with Crippen molar-refractivity contribution < 1.29 is 37.0 Å². The second-order valence-electron chi connectivity index (χ2n) is 8.89. The molecule has 1 atom stereocenters. The average molecular weight is 480 g/mol. The Balaban J connectivity index is 1.67. The van der Waals surface area contributed by atoms with Crippen molar-refractivity contribution >= 4 is 17.7 Å². The van der Waals surface area contributed by atoms with E-state index in [1.54, 1.807) is 32.9 Å². The first kappa shape index (κ1) is 25.2. The van der Waals surface area contributed by atoms with E-state index < -0.39 is 29.4 Å². The minimum absolute atomic E-state index is 0.208. The summed E-state index contributed by atoms with van der Waals surface area (Å²) in [7, 11) is 1.45. The zero-order valence-electron chi connectivity index (χ0n) is 19.4. The van der Waals surface area contributed by atoms with E-state index in [1.165, 1.54) is 30.2 Å². The molecule has 2 amide bonds. The summed E-state index contributed by atoms with van der Waals surface area (Å²) in [5, 5.41) is 2.79. The van der Waals surface area contributed by atoms with Gasteiger partial charge in [-0.2, -0.15) is 13.2 Å². The number of hydrogen-bond donors (Lipinski definition) is 1. The topological polar surface area (TPSA) is 77.1 Å². The van der Waals surface area contributed by atoms with Crippen molar-refractivity contribution in [3.63, 3.8) is 0 Å². The summed E-state index contributed by atoms with van der Waals surface area (Å²) in [5.74, 6) is 0.166. The van der Waals surface area contributed by atoms with Gasteiger partial charge in [-0.15, -0.1) is 0 Å². The SMILES string of the molecule is COc1ccc(Oc2ccc(C(F)(F)F)cc2)cc1NC(=O)C1CCN(C(=O)OC(C)(C)C)C1. The van der Waals surface area contributed by atoms with Gasteiger partial charge in [-0.25, -0.2) is 4.79 Å². The van der Waals surface area contributed by atoms with Gasteiger partial charge in [0.2, 0.25) is 5.91 Å². The second-order valence-corrected chi connectivity index (χ2v) is 8.89. The van der Waals surface area contributed by atoms with E-state index in [0.29, 0.717) is 30.2 Å². The Bertz CT molecular complexity index is 1030. The highest BCUT2D eigenvalue weighted by Crippen LogP contribution is 2.34. The van der Waals surface area contributed by atoms with Crippen LogP contribution in [0, 0.1) is 5.92 Å². The molecule has 1 fully saturated rings. The van der Waals surface area contributed by atoms with Gasteiger partial charge in [0.1, 0.15) is 22.8 Å². The first-order valence-corrected chi connectivity index (χ1v) is 10.7. The third-order valence-corrected chi connectivity index (χ3v) is 5.06. The van der Waals surface area contributed by atoms with E-state index in [-0.39, 0.29) is 18.2 Å². The van der Waals surface area contributed by atoms with Crippen molar-refractivity contribution in [2.45, 2.75) is 39.0 Å². The molecule has 0 spiro atoms. The highest BCUT2D eigenvalue weighted by molar-refractivity contribution is 5.95. The minimum Gasteiger partial charge on any atom is -0.495 e. The Morgan fingerprint density at radius 1 is 1.03 bits per heavy atom. The third kappa shape index (κ3) is 6.55. The molecular formula is C24H27F3N2O5. The summed E-state index contributed by atoms with van der Waals surface area (Å²) >= 11 is 0. The molecule has 10 heteroatoms. The number of rotatable bonds is 5. The van der Waals surface area contributed by atoms with Gasteiger partial charge in [0, 0.05) is 19.2 Å². The van der Waals surface area contributed by atoms with Gasteiger partial charge in [0.15, 0.2) is 0 Å². The van der Waals surface area contributed by atoms with Crippen LogP contribution in [0.4, 0.5) is 23.7 Å². The number of nitrogens with one attached hydrogen (secondary N) is 1. The number of carbonyl (C=O) groups excluding carboxylic acids is 2. The largest absolute Gasteiger partial charge is 0.495 e. The first-order chi connectivity index (χ1) is 15.9. The molecule has 2 aromatic carbocycles. The van der Waals surface area contributed by atoms with E-state index >= 15 is 0 Å². The number of halogens is 3. The number of anilines is 1. The lowest BCUT2D eigenvalue weighted by atomic mass is 10.1. The molecule has 1 saturated heterocycles. The summed E-state index contributed by atoms with van der Waals surface area (Å²) in [6.45, 7) is 5.96. The molecule has 34 heavy (non-hydrogen) atoms. The predicted octanol–water partition coefficient (Wildman–Crippen LogP) is 5.70. The summed E-state index contributed by atoms with van der Waals surface area (Å²) in [6, 6.07) is 8.97. The number of ether oxygens (including phenoxy) is 3. The normalized spacial score (nSPS) is 16.2. The fourth-order valence-corrected chi connectivity index (χ4v) is 3.40. The molecule has 0 saturated carbocycles. The highest BCUT2D eigenvalue weighted by atomic mass is 19.4. The zero-order chi connectivity index (χ0) is 25.1. The molecule has 1 N–H and O–H groups in total. The Labute approximate surface area is 195 Å². The Kier molecular flexibility index (Phi) is 7.28. The number of carbonyl (C=O) groups is 2. The summed E-state index contributed by atoms with van der Waals surface area (Å²) in [6.07, 6.45) is -4.42. The van der Waals surface area contributed by atoms with Gasteiger partial charge >= 0.3 is 12.3 Å². The predicted molar refractivity (Wildman–Crippen MR) is 119 cm³/mol. The van der Waals surface area contributed by atoms with Gasteiger partial charge in [-0.1, -0.05) is 0 Å². The summed E-state index contributed by atoms with van der Waals surface area (Å²) in [4.78, 5) is 26.6. The molecule has 2 aromatic rings. The number of alkyl halides is 3. The van der Waals surface area contributed by atoms with Crippen LogP contribution in [0.2, 0.25) is 0 Å². The van der Waals surface area contributed by atoms with Crippen LogP contribution in [0.15, 0.2) is 42.5 Å². The van der Waals surface area contributed by atoms with Crippen molar-refractivity contribution in [3.8, 4) is 17.2 Å². The van der Waals surface area contributed by atoms with Crippen LogP contribution in [0.25, 0.3) is 0 Å². The maximum Gasteiger partial charge on any atom is 0.416 e. The van der Waals surface area contributed by atoms with Gasteiger partial charge in [-0.3, -0.25) is 4.79 Å². The molecule has 184 valence electrons. The maximum atomic E-state index is 12.8. The molecule has 1 unspecified atom stereocenters. The van der Waals surface area contributed by atoms with Crippen LogP contribution in [0.3, 0.4) is 0 Å². The van der Waals surface area contributed by atoms with Crippen LogP contribution in [0.5, 0.6) is 17.2 Å². The van der Waals surface area contributed by atoms with Crippen molar-refractivity contribution in [1.29, 1.82) is 0 Å². The number of likely N-dealkylation sites (tertiary alicyclic amines) is 1. The zero-order valence-corrected chi connectivity index (χ0v) is 19.4. The number of benzene rings is 2. The van der Waals surface area contributed by atoms with E-state index in [2.05, 4.69) is 5.32 Å². The number of nitrogens with zero attached hydrogens (tertiary/aromatic N) is 1. The lowest BCUT2D eigenvalue weighted by Crippen LogP contribution is -2.36. The number of amides is 2. The monoisotopic (exact) mass is 480 g/mol. The first-order valence-electron chi connectivity index (χ1n) is 10.7. The van der Waals surface area contributed by atoms with Crippen molar-refractivity contribution in [1.82, 2.24) is 4.90 Å². The molecule has 0 aliphatic carbocycles. The quantitative estimate of drug-likeness (QED) is 0.594. The van der Waals surface area contributed by atoms with Crippen LogP contribution in [-0.2, 0) is 15.7 Å². The van der Waals surface area contributed by atoms with Gasteiger partial charge in [0.25, 0.3) is 0 Å². The van der Waals surface area contributed by atoms with Crippen LogP contribution < -0.4 is 14.8 Å². The Hall–Kier alpha value is -3.43. The standard InChI is InChI=1S/C24H27F3N2O5/c1-23(2,3)34-22(31)29-12-11-15(14-29)21(30)28-19-13-18(9-10-20(19)32-4)33-17-7-5-16(6-8-17)24(25,26)27/h5-10,13,15H,11-12,14H2,1-4H3,(H,28,30). The molecule has 7 nitrogen and oxygen atoms in total. The lowest BCUT2D eigenvalue weighted by Gasteiger charge is -2.24. The molecule has 0 radical (unpaired) electrons. The minimum atomic E-state index is -4.44. The van der Waals surface area contributed by atoms with E-state index in [0.717, 1.165) is 12.1 Å². The van der Waals surface area contributed by atoms with Gasteiger partial charge < -0.3 is 24.4 Å². The maximum absolute atomic E-state index is 12.8. The Morgan fingerprint density at radius 3 is 2.26 bits per heavy atom. The van der Waals surface area contributed by atoms with Gasteiger partial charge in [0.05, 0.1) is 24.3 Å². The number of hydrogen-bond acceptors (Lipinski definition) is 5. The van der Waals surface area contributed by atoms with Crippen molar-refractivity contribution in [2.24, 2.45) is 5.92 Å². The molecule has 0 aromatic heterocycles. The molecular weight excluding hydrogens is 453 g/mol. The molecule has 0 bridgehead atoms. The fourth-order valence-electron chi connectivity index (χ4n) is 3.40. The molecule has 1 aliphatic rings. The van der Waals surface area contributed by atoms with Crippen LogP contribution >= 0.6 is 0 Å².